The van der Waals surface area contributed by atoms with E-state index in [1.807, 2.05) is 13.0 Å². The van der Waals surface area contributed by atoms with Crippen molar-refractivity contribution in [2.45, 2.75) is 18.9 Å². The molecule has 96 valence electrons. The van der Waals surface area contributed by atoms with E-state index >= 15 is 0 Å². The number of fused-ring (bicyclic) bond motifs is 1. The number of hydrogen-bond donors (Lipinski definition) is 0. The molecule has 2 aromatic rings. The van der Waals surface area contributed by atoms with Crippen molar-refractivity contribution in [1.29, 1.82) is 0 Å². The fourth-order valence-corrected chi connectivity index (χ4v) is 1.93. The number of rotatable bonds is 3. The van der Waals surface area contributed by atoms with Crippen molar-refractivity contribution < 1.29 is 17.4 Å². The van der Waals surface area contributed by atoms with Gasteiger partial charge in [-0.05, 0) is 36.2 Å². The summed E-state index contributed by atoms with van der Waals surface area (Å²) in [6.45, 7) is 1.98. The van der Waals surface area contributed by atoms with E-state index in [1.54, 1.807) is 18.3 Å². The molecule has 0 saturated heterocycles. The zero-order chi connectivity index (χ0) is 13.2. The molecule has 0 aliphatic heterocycles. The Kier molecular flexibility index (Phi) is 3.65. The number of aryl methyl sites for hydroxylation is 1. The van der Waals surface area contributed by atoms with Crippen LogP contribution in [0.5, 0.6) is 5.75 Å². The van der Waals surface area contributed by atoms with Gasteiger partial charge >= 0.3 is 5.51 Å². The van der Waals surface area contributed by atoms with Gasteiger partial charge in [-0.3, -0.25) is 4.98 Å². The minimum absolute atomic E-state index is 0.174. The molecule has 0 N–H and O–H groups in total. The van der Waals surface area contributed by atoms with Crippen molar-refractivity contribution in [2.24, 2.45) is 0 Å². The van der Waals surface area contributed by atoms with Crippen LogP contribution in [0.25, 0.3) is 10.9 Å². The van der Waals surface area contributed by atoms with E-state index in [4.69, 9.17) is 0 Å². The second-order valence-corrected chi connectivity index (χ2v) is 4.41. The van der Waals surface area contributed by atoms with E-state index in [0.29, 0.717) is 0 Å². The average molecular weight is 273 g/mol. The van der Waals surface area contributed by atoms with E-state index in [1.165, 1.54) is 6.07 Å². The van der Waals surface area contributed by atoms with Crippen molar-refractivity contribution in [3.8, 4) is 5.75 Å². The quantitative estimate of drug-likeness (QED) is 0.776. The zero-order valence-corrected chi connectivity index (χ0v) is 10.3. The maximum atomic E-state index is 12.0. The lowest BCUT2D eigenvalue weighted by molar-refractivity contribution is -0.0369. The van der Waals surface area contributed by atoms with Crippen LogP contribution in [0, 0.1) is 0 Å². The normalized spacial score (nSPS) is 11.8. The van der Waals surface area contributed by atoms with E-state index in [9.17, 15) is 13.2 Å². The van der Waals surface area contributed by atoms with E-state index in [2.05, 4.69) is 9.17 Å². The predicted octanol–water partition coefficient (Wildman–Crippen LogP) is 4.34. The predicted molar refractivity (Wildman–Crippen MR) is 65.4 cm³/mol. The number of halogens is 3. The Bertz CT molecular complexity index is 557. The van der Waals surface area contributed by atoms with Gasteiger partial charge in [-0.2, -0.15) is 13.2 Å². The molecule has 0 spiro atoms. The third-order valence-electron chi connectivity index (χ3n) is 2.42. The highest BCUT2D eigenvalue weighted by molar-refractivity contribution is 7.95. The lowest BCUT2D eigenvalue weighted by Gasteiger charge is -2.08. The summed E-state index contributed by atoms with van der Waals surface area (Å²) in [7, 11) is 0. The third kappa shape index (κ3) is 3.07. The Labute approximate surface area is 106 Å². The third-order valence-corrected chi connectivity index (χ3v) is 2.88. The summed E-state index contributed by atoms with van der Waals surface area (Å²) in [5.74, 6) is 0.174. The summed E-state index contributed by atoms with van der Waals surface area (Å²) >= 11 is -0.512. The Morgan fingerprint density at radius 1 is 1.28 bits per heavy atom. The van der Waals surface area contributed by atoms with Crippen LogP contribution in [0.3, 0.4) is 0 Å². The van der Waals surface area contributed by atoms with Gasteiger partial charge in [0.15, 0.2) is 12.0 Å². The summed E-state index contributed by atoms with van der Waals surface area (Å²) in [4.78, 5) is 4.16. The van der Waals surface area contributed by atoms with E-state index < -0.39 is 17.6 Å². The minimum Gasteiger partial charge on any atom is -0.417 e. The molecule has 0 aliphatic rings. The number of alkyl halides is 3. The molecule has 1 heterocycles. The maximum Gasteiger partial charge on any atom is 0.479 e. The summed E-state index contributed by atoms with van der Waals surface area (Å²) in [5.41, 5.74) is -2.63. The lowest BCUT2D eigenvalue weighted by Crippen LogP contribution is -2.02. The van der Waals surface area contributed by atoms with Crippen molar-refractivity contribution in [3.63, 3.8) is 0 Å². The van der Waals surface area contributed by atoms with Gasteiger partial charge in [0.25, 0.3) is 0 Å². The van der Waals surface area contributed by atoms with Gasteiger partial charge in [0.1, 0.15) is 5.75 Å². The first-order valence-electron chi connectivity index (χ1n) is 5.29. The number of hydrogen-bond acceptors (Lipinski definition) is 3. The first kappa shape index (κ1) is 13.0. The summed E-state index contributed by atoms with van der Waals surface area (Å²) in [6.07, 6.45) is 2.47. The Morgan fingerprint density at radius 2 is 2.06 bits per heavy atom. The second-order valence-electron chi connectivity index (χ2n) is 3.61. The van der Waals surface area contributed by atoms with Crippen molar-refractivity contribution in [3.05, 3.63) is 36.0 Å². The number of nitrogens with zero attached hydrogens (tertiary/aromatic N) is 1. The number of pyridine rings is 1. The van der Waals surface area contributed by atoms with Crippen LogP contribution in [-0.2, 0) is 6.42 Å². The maximum absolute atomic E-state index is 12.0. The summed E-state index contributed by atoms with van der Waals surface area (Å²) in [6, 6.07) is 6.57. The fraction of sp³-hybridized carbons (Fsp3) is 0.250. The van der Waals surface area contributed by atoms with Crippen molar-refractivity contribution in [2.75, 3.05) is 0 Å². The molecular weight excluding hydrogens is 263 g/mol. The highest BCUT2D eigenvalue weighted by Crippen LogP contribution is 2.33. The average Bonchev–Trinajstić information content (AvgIpc) is 2.34. The van der Waals surface area contributed by atoms with Gasteiger partial charge in [-0.25, -0.2) is 0 Å². The SMILES string of the molecule is CCc1ccnc2ccc(OSC(F)(F)F)cc12. The molecule has 2 rings (SSSR count). The molecule has 2 nitrogen and oxygen atoms in total. The summed E-state index contributed by atoms with van der Waals surface area (Å²) in [5, 5.41) is 0.820. The molecular formula is C12H10F3NOS. The first-order chi connectivity index (χ1) is 8.49. The molecule has 0 aliphatic carbocycles. The van der Waals surface area contributed by atoms with Crippen LogP contribution < -0.4 is 4.18 Å². The van der Waals surface area contributed by atoms with Crippen LogP contribution in [0.4, 0.5) is 13.2 Å². The van der Waals surface area contributed by atoms with E-state index in [-0.39, 0.29) is 5.75 Å². The summed E-state index contributed by atoms with van der Waals surface area (Å²) < 4.78 is 40.7. The van der Waals surface area contributed by atoms with Crippen LogP contribution in [-0.4, -0.2) is 10.5 Å². The molecule has 0 fully saturated rings. The second kappa shape index (κ2) is 5.06. The molecule has 0 bridgehead atoms. The van der Waals surface area contributed by atoms with Gasteiger partial charge < -0.3 is 4.18 Å². The van der Waals surface area contributed by atoms with Crippen LogP contribution >= 0.6 is 12.0 Å². The lowest BCUT2D eigenvalue weighted by atomic mass is 10.1. The Balaban J connectivity index is 2.31. The highest BCUT2D eigenvalue weighted by atomic mass is 32.2. The van der Waals surface area contributed by atoms with Crippen LogP contribution in [0.1, 0.15) is 12.5 Å². The molecule has 0 atom stereocenters. The smallest absolute Gasteiger partial charge is 0.417 e. The molecule has 1 aromatic carbocycles. The first-order valence-corrected chi connectivity index (χ1v) is 6.04. The Hall–Kier alpha value is -1.43. The van der Waals surface area contributed by atoms with Crippen LogP contribution in [0.2, 0.25) is 0 Å². The van der Waals surface area contributed by atoms with Crippen LogP contribution in [0.15, 0.2) is 30.5 Å². The zero-order valence-electron chi connectivity index (χ0n) is 9.49. The molecule has 6 heteroatoms. The van der Waals surface area contributed by atoms with Gasteiger partial charge in [0, 0.05) is 11.6 Å². The Morgan fingerprint density at radius 3 is 2.72 bits per heavy atom. The van der Waals surface area contributed by atoms with Gasteiger partial charge in [-0.15, -0.1) is 0 Å². The van der Waals surface area contributed by atoms with Gasteiger partial charge in [0.2, 0.25) is 0 Å². The van der Waals surface area contributed by atoms with Gasteiger partial charge in [-0.1, -0.05) is 6.92 Å². The fourth-order valence-electron chi connectivity index (χ4n) is 1.64. The van der Waals surface area contributed by atoms with Gasteiger partial charge in [0.05, 0.1) is 5.52 Å². The van der Waals surface area contributed by atoms with E-state index in [0.717, 1.165) is 22.9 Å². The number of aromatic nitrogens is 1. The molecule has 18 heavy (non-hydrogen) atoms. The van der Waals surface area contributed by atoms with Crippen molar-refractivity contribution in [1.82, 2.24) is 4.98 Å². The molecule has 0 saturated carbocycles. The molecule has 0 amide bonds. The molecule has 0 unspecified atom stereocenters. The number of benzene rings is 1. The standard InChI is InChI=1S/C12H10F3NOS/c1-2-8-5-6-16-11-4-3-9(7-10(8)11)17-18-12(13,14)15/h3-7H,2H2,1H3. The minimum atomic E-state index is -4.41. The largest absolute Gasteiger partial charge is 0.479 e. The molecule has 1 aromatic heterocycles. The molecule has 0 radical (unpaired) electrons. The van der Waals surface area contributed by atoms with Crippen molar-refractivity contribution >= 4 is 22.9 Å². The highest BCUT2D eigenvalue weighted by Gasteiger charge is 2.31. The monoisotopic (exact) mass is 273 g/mol. The topological polar surface area (TPSA) is 22.1 Å².